The van der Waals surface area contributed by atoms with Gasteiger partial charge in [-0.1, -0.05) is 18.2 Å². The molecule has 2 saturated heterocycles. The van der Waals surface area contributed by atoms with E-state index in [1.807, 2.05) is 17.0 Å². The number of rotatable bonds is 6. The van der Waals surface area contributed by atoms with Crippen LogP contribution in [0.25, 0.3) is 0 Å². The molecule has 28 heavy (non-hydrogen) atoms. The van der Waals surface area contributed by atoms with Gasteiger partial charge < -0.3 is 14.1 Å². The van der Waals surface area contributed by atoms with Gasteiger partial charge in [0.2, 0.25) is 5.89 Å². The molecule has 0 bridgehead atoms. The molecule has 150 valence electrons. The number of ether oxygens (including phenoxy) is 1. The van der Waals surface area contributed by atoms with Crippen LogP contribution < -0.4 is 4.74 Å². The third-order valence-corrected chi connectivity index (χ3v) is 5.57. The van der Waals surface area contributed by atoms with Crippen LogP contribution in [0.5, 0.6) is 5.75 Å². The van der Waals surface area contributed by atoms with Crippen LogP contribution in [0.4, 0.5) is 0 Å². The van der Waals surface area contributed by atoms with Crippen LogP contribution in [0, 0.1) is 0 Å². The van der Waals surface area contributed by atoms with Crippen LogP contribution >= 0.6 is 0 Å². The topological polar surface area (TPSA) is 62.1 Å². The Bertz CT molecular complexity index is 792. The summed E-state index contributed by atoms with van der Waals surface area (Å²) in [6.45, 7) is 7.07. The van der Waals surface area contributed by atoms with Crippen molar-refractivity contribution in [3.63, 3.8) is 0 Å². The zero-order chi connectivity index (χ0) is 19.3. The van der Waals surface area contributed by atoms with Crippen LogP contribution in [0.1, 0.15) is 34.8 Å². The molecule has 0 radical (unpaired) electrons. The number of hydrogen-bond donors (Lipinski definition) is 0. The summed E-state index contributed by atoms with van der Waals surface area (Å²) in [7, 11) is 1.72. The van der Waals surface area contributed by atoms with E-state index in [1.54, 1.807) is 7.11 Å². The first-order chi connectivity index (χ1) is 13.7. The molecular weight excluding hydrogens is 356 g/mol. The van der Waals surface area contributed by atoms with E-state index in [0.29, 0.717) is 18.1 Å². The molecule has 7 nitrogen and oxygen atoms in total. The summed E-state index contributed by atoms with van der Waals surface area (Å²) in [5.41, 5.74) is 1.66. The van der Waals surface area contributed by atoms with E-state index in [0.717, 1.165) is 64.4 Å². The molecule has 2 aliphatic heterocycles. The van der Waals surface area contributed by atoms with Crippen molar-refractivity contribution in [2.24, 2.45) is 0 Å². The standard InChI is InChI=1S/C21H28N4O3/c1-27-19-7-3-2-6-17(19)14-23-10-12-24(13-11-23)15-20-22-18(16-28-20)21(26)25-8-4-5-9-25/h2-3,6-7,16H,4-5,8-15H2,1H3. The summed E-state index contributed by atoms with van der Waals surface area (Å²) in [5, 5.41) is 0. The Morgan fingerprint density at radius 1 is 1.04 bits per heavy atom. The van der Waals surface area contributed by atoms with E-state index < -0.39 is 0 Å². The van der Waals surface area contributed by atoms with E-state index in [2.05, 4.69) is 26.9 Å². The van der Waals surface area contributed by atoms with Gasteiger partial charge in [0.25, 0.3) is 5.91 Å². The van der Waals surface area contributed by atoms with Gasteiger partial charge in [-0.3, -0.25) is 14.6 Å². The molecule has 2 aromatic rings. The number of aromatic nitrogens is 1. The number of likely N-dealkylation sites (tertiary alicyclic amines) is 1. The van der Waals surface area contributed by atoms with Gasteiger partial charge in [0.1, 0.15) is 12.0 Å². The molecule has 0 saturated carbocycles. The number of carbonyl (C=O) groups excluding carboxylic acids is 1. The number of hydrogen-bond acceptors (Lipinski definition) is 6. The van der Waals surface area contributed by atoms with Gasteiger partial charge in [-0.15, -0.1) is 0 Å². The lowest BCUT2D eigenvalue weighted by Gasteiger charge is -2.34. The fraction of sp³-hybridized carbons (Fsp3) is 0.524. The van der Waals surface area contributed by atoms with Crippen LogP contribution in [-0.2, 0) is 13.1 Å². The molecule has 4 rings (SSSR count). The summed E-state index contributed by atoms with van der Waals surface area (Å²) in [6.07, 6.45) is 3.67. The highest BCUT2D eigenvalue weighted by Crippen LogP contribution is 2.20. The van der Waals surface area contributed by atoms with Gasteiger partial charge in [0.15, 0.2) is 5.69 Å². The van der Waals surface area contributed by atoms with Crippen molar-refractivity contribution in [2.75, 3.05) is 46.4 Å². The van der Waals surface area contributed by atoms with Gasteiger partial charge in [-0.2, -0.15) is 0 Å². The van der Waals surface area contributed by atoms with Gasteiger partial charge in [0.05, 0.1) is 13.7 Å². The zero-order valence-corrected chi connectivity index (χ0v) is 16.5. The third kappa shape index (κ3) is 4.36. The second kappa shape index (κ2) is 8.75. The summed E-state index contributed by atoms with van der Waals surface area (Å²) in [6, 6.07) is 8.18. The van der Waals surface area contributed by atoms with E-state index in [4.69, 9.17) is 9.15 Å². The normalized spacial score (nSPS) is 18.5. The first kappa shape index (κ1) is 19.0. The Hall–Kier alpha value is -2.38. The Morgan fingerprint density at radius 2 is 1.71 bits per heavy atom. The Labute approximate surface area is 165 Å². The van der Waals surface area contributed by atoms with Gasteiger partial charge in [-0.25, -0.2) is 4.98 Å². The second-order valence-corrected chi connectivity index (χ2v) is 7.49. The minimum absolute atomic E-state index is 0.00544. The Morgan fingerprint density at radius 3 is 2.43 bits per heavy atom. The molecule has 0 spiro atoms. The second-order valence-electron chi connectivity index (χ2n) is 7.49. The molecule has 1 aromatic carbocycles. The molecule has 3 heterocycles. The first-order valence-electron chi connectivity index (χ1n) is 10.0. The van der Waals surface area contributed by atoms with Crippen molar-refractivity contribution in [1.82, 2.24) is 19.7 Å². The number of methoxy groups -OCH3 is 1. The van der Waals surface area contributed by atoms with Crippen LogP contribution in [0.3, 0.4) is 0 Å². The summed E-state index contributed by atoms with van der Waals surface area (Å²) in [5.74, 6) is 1.56. The molecule has 0 N–H and O–H groups in total. The number of oxazole rings is 1. The predicted molar refractivity (Wildman–Crippen MR) is 105 cm³/mol. The van der Waals surface area contributed by atoms with E-state index >= 15 is 0 Å². The lowest BCUT2D eigenvalue weighted by molar-refractivity contribution is 0.0786. The largest absolute Gasteiger partial charge is 0.496 e. The molecule has 0 atom stereocenters. The lowest BCUT2D eigenvalue weighted by Crippen LogP contribution is -2.45. The molecule has 1 aromatic heterocycles. The highest BCUT2D eigenvalue weighted by Gasteiger charge is 2.24. The number of nitrogens with zero attached hydrogens (tertiary/aromatic N) is 4. The van der Waals surface area contributed by atoms with Crippen LogP contribution in [0.15, 0.2) is 34.9 Å². The van der Waals surface area contributed by atoms with Crippen LogP contribution in [-0.4, -0.2) is 72.0 Å². The maximum atomic E-state index is 12.4. The summed E-state index contributed by atoms with van der Waals surface area (Å²) in [4.78, 5) is 23.4. The summed E-state index contributed by atoms with van der Waals surface area (Å²) >= 11 is 0. The predicted octanol–water partition coefficient (Wildman–Crippen LogP) is 2.24. The van der Waals surface area contributed by atoms with E-state index in [1.165, 1.54) is 11.8 Å². The van der Waals surface area contributed by atoms with Gasteiger partial charge in [0, 0.05) is 51.4 Å². The minimum Gasteiger partial charge on any atom is -0.496 e. The Balaban J connectivity index is 1.27. The first-order valence-corrected chi connectivity index (χ1v) is 10.0. The highest BCUT2D eigenvalue weighted by atomic mass is 16.5. The number of para-hydroxylation sites is 1. The highest BCUT2D eigenvalue weighted by molar-refractivity contribution is 5.92. The molecular formula is C21H28N4O3. The third-order valence-electron chi connectivity index (χ3n) is 5.57. The van der Waals surface area contributed by atoms with Crippen molar-refractivity contribution in [2.45, 2.75) is 25.9 Å². The van der Waals surface area contributed by atoms with Crippen molar-refractivity contribution >= 4 is 5.91 Å². The van der Waals surface area contributed by atoms with E-state index in [9.17, 15) is 4.79 Å². The summed E-state index contributed by atoms with van der Waals surface area (Å²) < 4.78 is 11.0. The average Bonchev–Trinajstić information content (AvgIpc) is 3.42. The average molecular weight is 384 g/mol. The lowest BCUT2D eigenvalue weighted by atomic mass is 10.1. The fourth-order valence-corrected chi connectivity index (χ4v) is 3.94. The van der Waals surface area contributed by atoms with Crippen molar-refractivity contribution in [1.29, 1.82) is 0 Å². The van der Waals surface area contributed by atoms with Crippen molar-refractivity contribution < 1.29 is 13.9 Å². The zero-order valence-electron chi connectivity index (χ0n) is 16.5. The number of amides is 1. The van der Waals surface area contributed by atoms with Gasteiger partial charge >= 0.3 is 0 Å². The SMILES string of the molecule is COc1ccccc1CN1CCN(Cc2nc(C(=O)N3CCCC3)co2)CC1. The maximum absolute atomic E-state index is 12.4. The Kier molecular flexibility index (Phi) is 5.92. The number of benzene rings is 1. The minimum atomic E-state index is -0.00544. The fourth-order valence-electron chi connectivity index (χ4n) is 3.94. The quantitative estimate of drug-likeness (QED) is 0.761. The molecule has 0 aliphatic carbocycles. The molecule has 1 amide bonds. The van der Waals surface area contributed by atoms with Crippen molar-refractivity contribution in [3.8, 4) is 5.75 Å². The maximum Gasteiger partial charge on any atom is 0.275 e. The van der Waals surface area contributed by atoms with Crippen LogP contribution in [0.2, 0.25) is 0 Å². The monoisotopic (exact) mass is 384 g/mol. The van der Waals surface area contributed by atoms with Crippen molar-refractivity contribution in [3.05, 3.63) is 47.7 Å². The number of carbonyl (C=O) groups is 1. The molecule has 0 unspecified atom stereocenters. The molecule has 2 aliphatic rings. The molecule has 2 fully saturated rings. The van der Waals surface area contributed by atoms with E-state index in [-0.39, 0.29) is 5.91 Å². The molecule has 7 heteroatoms. The number of piperazine rings is 1. The van der Waals surface area contributed by atoms with Gasteiger partial charge in [-0.05, 0) is 18.9 Å². The smallest absolute Gasteiger partial charge is 0.275 e.